The number of nitrogens with zero attached hydrogens (tertiary/aromatic N) is 1. The van der Waals surface area contributed by atoms with Crippen molar-refractivity contribution in [3.05, 3.63) is 36.4 Å². The fourth-order valence-corrected chi connectivity index (χ4v) is 3.57. The van der Waals surface area contributed by atoms with Crippen LogP contribution in [0.25, 0.3) is 10.8 Å². The van der Waals surface area contributed by atoms with Crippen molar-refractivity contribution in [1.29, 1.82) is 0 Å². The maximum atomic E-state index is 12.5. The molecule has 0 aromatic heterocycles. The molecular weight excluding hydrogens is 318 g/mol. The molecule has 0 saturated heterocycles. The van der Waals surface area contributed by atoms with Gasteiger partial charge in [-0.05, 0) is 12.1 Å². The highest BCUT2D eigenvalue weighted by Crippen LogP contribution is 2.29. The zero-order valence-corrected chi connectivity index (χ0v) is 13.7. The average Bonchev–Trinajstić information content (AvgIpc) is 2.50. The van der Waals surface area contributed by atoms with Gasteiger partial charge in [0.15, 0.2) is 0 Å². The van der Waals surface area contributed by atoms with Crippen LogP contribution in [0.1, 0.15) is 0 Å². The van der Waals surface area contributed by atoms with Crippen molar-refractivity contribution in [2.45, 2.75) is 4.90 Å². The van der Waals surface area contributed by atoms with Crippen molar-refractivity contribution in [1.82, 2.24) is 10.0 Å². The van der Waals surface area contributed by atoms with Crippen molar-refractivity contribution >= 4 is 32.6 Å². The molecule has 0 aliphatic carbocycles. The molecule has 0 aliphatic heterocycles. The van der Waals surface area contributed by atoms with E-state index in [1.54, 1.807) is 12.1 Å². The monoisotopic (exact) mass is 337 g/mol. The van der Waals surface area contributed by atoms with Crippen LogP contribution in [0.15, 0.2) is 41.3 Å². The zero-order chi connectivity index (χ0) is 17.0. The molecule has 2 aromatic rings. The topological polar surface area (TPSA) is 98.7 Å². The quantitative estimate of drug-likeness (QED) is 0.693. The Morgan fingerprint density at radius 3 is 2.39 bits per heavy atom. The second-order valence-corrected chi connectivity index (χ2v) is 6.89. The Morgan fingerprint density at radius 2 is 1.74 bits per heavy atom. The lowest BCUT2D eigenvalue weighted by Gasteiger charge is -2.17. The first-order chi connectivity index (χ1) is 10.8. The molecule has 0 fully saturated rings. The Labute approximate surface area is 135 Å². The molecule has 0 radical (unpaired) electrons. The van der Waals surface area contributed by atoms with Gasteiger partial charge in [0.05, 0.1) is 4.90 Å². The molecule has 23 heavy (non-hydrogen) atoms. The van der Waals surface area contributed by atoms with E-state index in [9.17, 15) is 13.2 Å². The molecule has 2 rings (SSSR count). The molecule has 0 bridgehead atoms. The minimum atomic E-state index is -3.73. The van der Waals surface area contributed by atoms with Gasteiger partial charge in [-0.1, -0.05) is 24.3 Å². The fourth-order valence-electron chi connectivity index (χ4n) is 2.32. The maximum absolute atomic E-state index is 12.5. The molecule has 0 unspecified atom stereocenters. The van der Waals surface area contributed by atoms with Gasteiger partial charge in [0, 0.05) is 43.6 Å². The first-order valence-electron chi connectivity index (χ1n) is 6.98. The summed E-state index contributed by atoms with van der Waals surface area (Å²) in [5, 5.41) is 12.1. The van der Waals surface area contributed by atoms with E-state index in [0.717, 1.165) is 11.1 Å². The summed E-state index contributed by atoms with van der Waals surface area (Å²) in [6.07, 6.45) is -1.19. The second kappa shape index (κ2) is 6.84. The highest BCUT2D eigenvalue weighted by Gasteiger charge is 2.18. The number of rotatable bonds is 6. The minimum Gasteiger partial charge on any atom is -0.465 e. The number of amides is 1. The van der Waals surface area contributed by atoms with Gasteiger partial charge in [-0.15, -0.1) is 0 Å². The third-order valence-corrected chi connectivity index (χ3v) is 4.84. The molecule has 3 N–H and O–H groups in total. The number of benzene rings is 2. The number of hydrogen-bond donors (Lipinski definition) is 3. The first-order valence-corrected chi connectivity index (χ1v) is 8.47. The SMILES string of the molecule is CN(C)c1cccc2c(S(=O)(=O)NCCNC(=O)O)cccc12. The van der Waals surface area contributed by atoms with Gasteiger partial charge in [-0.3, -0.25) is 0 Å². The minimum absolute atomic E-state index is 0.00226. The summed E-state index contributed by atoms with van der Waals surface area (Å²) >= 11 is 0. The van der Waals surface area contributed by atoms with Crippen LogP contribution in [0.4, 0.5) is 10.5 Å². The lowest BCUT2D eigenvalue weighted by molar-refractivity contribution is 0.194. The standard InChI is InChI=1S/C15H19N3O4S/c1-18(2)13-7-3-6-12-11(13)5-4-8-14(12)23(21,22)17-10-9-16-15(19)20/h3-8,16-17H,9-10H2,1-2H3,(H,19,20). The highest BCUT2D eigenvalue weighted by molar-refractivity contribution is 7.89. The molecule has 0 spiro atoms. The van der Waals surface area contributed by atoms with Crippen LogP contribution < -0.4 is 14.9 Å². The molecule has 0 saturated carbocycles. The largest absolute Gasteiger partial charge is 0.465 e. The summed E-state index contributed by atoms with van der Waals surface area (Å²) in [6.45, 7) is -0.0132. The molecule has 124 valence electrons. The van der Waals surface area contributed by atoms with Crippen LogP contribution in [-0.4, -0.2) is 46.8 Å². The fraction of sp³-hybridized carbons (Fsp3) is 0.267. The van der Waals surface area contributed by atoms with Gasteiger partial charge >= 0.3 is 6.09 Å². The second-order valence-electron chi connectivity index (χ2n) is 5.15. The van der Waals surface area contributed by atoms with Crippen LogP contribution in [0.5, 0.6) is 0 Å². The number of carboxylic acid groups (broad SMARTS) is 1. The average molecular weight is 337 g/mol. The van der Waals surface area contributed by atoms with Crippen molar-refractivity contribution in [2.75, 3.05) is 32.1 Å². The van der Waals surface area contributed by atoms with E-state index in [1.165, 1.54) is 6.07 Å². The van der Waals surface area contributed by atoms with E-state index in [4.69, 9.17) is 5.11 Å². The predicted octanol–water partition coefficient (Wildman–Crippen LogP) is 1.45. The van der Waals surface area contributed by atoms with Crippen molar-refractivity contribution in [2.24, 2.45) is 0 Å². The first kappa shape index (κ1) is 17.0. The van der Waals surface area contributed by atoms with Crippen LogP contribution >= 0.6 is 0 Å². The van der Waals surface area contributed by atoms with E-state index < -0.39 is 16.1 Å². The zero-order valence-electron chi connectivity index (χ0n) is 12.9. The summed E-state index contributed by atoms with van der Waals surface area (Å²) in [5.41, 5.74) is 0.923. The number of hydrogen-bond acceptors (Lipinski definition) is 4. The molecule has 1 amide bonds. The van der Waals surface area contributed by atoms with Crippen molar-refractivity contribution in [3.8, 4) is 0 Å². The molecule has 0 aliphatic rings. The van der Waals surface area contributed by atoms with Crippen LogP contribution in [0.2, 0.25) is 0 Å². The van der Waals surface area contributed by atoms with E-state index >= 15 is 0 Å². The number of fused-ring (bicyclic) bond motifs is 1. The maximum Gasteiger partial charge on any atom is 0.404 e. The van der Waals surface area contributed by atoms with E-state index in [2.05, 4.69) is 10.0 Å². The van der Waals surface area contributed by atoms with Gasteiger partial charge in [0.25, 0.3) is 0 Å². The summed E-state index contributed by atoms with van der Waals surface area (Å²) in [7, 11) is 0.0605. The van der Waals surface area contributed by atoms with Crippen molar-refractivity contribution < 1.29 is 18.3 Å². The molecule has 8 heteroatoms. The lowest BCUT2D eigenvalue weighted by Crippen LogP contribution is -2.34. The molecule has 7 nitrogen and oxygen atoms in total. The summed E-state index contributed by atoms with van der Waals surface area (Å²) < 4.78 is 27.3. The predicted molar refractivity (Wildman–Crippen MR) is 89.5 cm³/mol. The molecule has 0 heterocycles. The highest BCUT2D eigenvalue weighted by atomic mass is 32.2. The number of sulfonamides is 1. The van der Waals surface area contributed by atoms with Crippen LogP contribution in [-0.2, 0) is 10.0 Å². The van der Waals surface area contributed by atoms with E-state index in [1.807, 2.05) is 37.2 Å². The van der Waals surface area contributed by atoms with Crippen molar-refractivity contribution in [3.63, 3.8) is 0 Å². The summed E-state index contributed by atoms with van der Waals surface area (Å²) in [6, 6.07) is 10.6. The Balaban J connectivity index is 2.35. The van der Waals surface area contributed by atoms with Gasteiger partial charge in [0.1, 0.15) is 0 Å². The molecule has 2 aromatic carbocycles. The van der Waals surface area contributed by atoms with Gasteiger partial charge in [0.2, 0.25) is 10.0 Å². The molecular formula is C15H19N3O4S. The van der Waals surface area contributed by atoms with Gasteiger partial charge in [-0.2, -0.15) is 0 Å². The number of nitrogens with one attached hydrogen (secondary N) is 2. The Hall–Kier alpha value is -2.32. The Kier molecular flexibility index (Phi) is 5.07. The van der Waals surface area contributed by atoms with Gasteiger partial charge < -0.3 is 15.3 Å². The van der Waals surface area contributed by atoms with Gasteiger partial charge in [-0.25, -0.2) is 17.9 Å². The Morgan fingerprint density at radius 1 is 1.09 bits per heavy atom. The van der Waals surface area contributed by atoms with E-state index in [-0.39, 0.29) is 18.0 Å². The van der Waals surface area contributed by atoms with Crippen LogP contribution in [0.3, 0.4) is 0 Å². The molecule has 0 atom stereocenters. The normalized spacial score (nSPS) is 11.4. The smallest absolute Gasteiger partial charge is 0.404 e. The lowest BCUT2D eigenvalue weighted by atomic mass is 10.1. The number of anilines is 1. The summed E-state index contributed by atoms with van der Waals surface area (Å²) in [4.78, 5) is 12.5. The van der Waals surface area contributed by atoms with Crippen LogP contribution in [0, 0.1) is 0 Å². The Bertz CT molecular complexity index is 819. The third-order valence-electron chi connectivity index (χ3n) is 3.32. The third kappa shape index (κ3) is 3.91. The van der Waals surface area contributed by atoms with E-state index in [0.29, 0.717) is 5.39 Å². The summed E-state index contributed by atoms with van der Waals surface area (Å²) in [5.74, 6) is 0. The number of carbonyl (C=O) groups is 1.